The first-order chi connectivity index (χ1) is 11.6. The highest BCUT2D eigenvalue weighted by molar-refractivity contribution is 7.17. The molecule has 0 aliphatic heterocycles. The Morgan fingerprint density at radius 2 is 2.00 bits per heavy atom. The maximum Gasteiger partial charge on any atom is 0.267 e. The number of methoxy groups -OCH3 is 1. The summed E-state index contributed by atoms with van der Waals surface area (Å²) < 4.78 is 5.22. The zero-order chi connectivity index (χ0) is 17.1. The smallest absolute Gasteiger partial charge is 0.267 e. The number of amides is 1. The Morgan fingerprint density at radius 1 is 1.21 bits per heavy atom. The van der Waals surface area contributed by atoms with Crippen LogP contribution >= 0.6 is 11.3 Å². The quantitative estimate of drug-likeness (QED) is 0.750. The van der Waals surface area contributed by atoms with Crippen molar-refractivity contribution in [1.29, 1.82) is 0 Å². The summed E-state index contributed by atoms with van der Waals surface area (Å²) in [6.45, 7) is 1.80. The lowest BCUT2D eigenvalue weighted by Crippen LogP contribution is -2.11. The highest BCUT2D eigenvalue weighted by Crippen LogP contribution is 2.30. The van der Waals surface area contributed by atoms with E-state index in [1.807, 2.05) is 24.3 Å². The van der Waals surface area contributed by atoms with E-state index in [0.717, 1.165) is 16.3 Å². The number of nitrogens with zero attached hydrogens (tertiary/aromatic N) is 1. The second-order valence-electron chi connectivity index (χ2n) is 5.17. The van der Waals surface area contributed by atoms with Crippen LogP contribution < -0.4 is 10.1 Å². The number of phenols is 1. The van der Waals surface area contributed by atoms with E-state index in [-0.39, 0.29) is 11.7 Å². The van der Waals surface area contributed by atoms with Gasteiger partial charge in [-0.1, -0.05) is 18.2 Å². The fourth-order valence-electron chi connectivity index (χ4n) is 2.26. The summed E-state index contributed by atoms with van der Waals surface area (Å²) in [6, 6.07) is 14.0. The Morgan fingerprint density at radius 3 is 2.75 bits per heavy atom. The molecule has 3 rings (SSSR count). The van der Waals surface area contributed by atoms with Crippen LogP contribution in [0.5, 0.6) is 11.5 Å². The normalized spacial score (nSPS) is 10.4. The van der Waals surface area contributed by atoms with Crippen molar-refractivity contribution in [2.45, 2.75) is 6.92 Å². The molecular weight excluding hydrogens is 324 g/mol. The number of phenolic OH excluding ortho intramolecular Hbond substituents is 1. The van der Waals surface area contributed by atoms with E-state index in [2.05, 4.69) is 10.3 Å². The van der Waals surface area contributed by atoms with Crippen molar-refractivity contribution in [2.75, 3.05) is 12.4 Å². The van der Waals surface area contributed by atoms with Crippen molar-refractivity contribution in [3.05, 3.63) is 59.1 Å². The third kappa shape index (κ3) is 3.38. The highest BCUT2D eigenvalue weighted by Gasteiger charge is 2.17. The average molecular weight is 340 g/mol. The van der Waals surface area contributed by atoms with Gasteiger partial charge in [0.05, 0.1) is 12.8 Å². The fourth-order valence-corrected chi connectivity index (χ4v) is 3.22. The van der Waals surface area contributed by atoms with Gasteiger partial charge in [-0.3, -0.25) is 4.79 Å². The summed E-state index contributed by atoms with van der Waals surface area (Å²) in [5.74, 6) is 0.599. The average Bonchev–Trinajstić information content (AvgIpc) is 2.97. The third-order valence-corrected chi connectivity index (χ3v) is 4.63. The van der Waals surface area contributed by atoms with Crippen LogP contribution in [0.3, 0.4) is 0 Å². The van der Waals surface area contributed by atoms with Crippen LogP contribution in [-0.4, -0.2) is 23.1 Å². The molecular formula is C18H16N2O3S. The maximum absolute atomic E-state index is 12.5. The number of aromatic hydroxyl groups is 1. The number of carbonyl (C=O) groups is 1. The second kappa shape index (κ2) is 6.72. The molecule has 0 unspecified atom stereocenters. The summed E-state index contributed by atoms with van der Waals surface area (Å²) >= 11 is 1.32. The molecule has 0 saturated heterocycles. The van der Waals surface area contributed by atoms with Crippen molar-refractivity contribution >= 4 is 22.9 Å². The van der Waals surface area contributed by atoms with Crippen LogP contribution in [0.2, 0.25) is 0 Å². The molecule has 0 atom stereocenters. The standard InChI is InChI=1S/C18H16N2O3S/c1-11-16(17(22)20-13-6-4-7-14(21)10-13)24-18(19-11)12-5-3-8-15(9-12)23-2/h3-10,21H,1-2H3,(H,20,22). The van der Waals surface area contributed by atoms with Gasteiger partial charge >= 0.3 is 0 Å². The molecule has 5 nitrogen and oxygen atoms in total. The van der Waals surface area contributed by atoms with E-state index in [1.54, 1.807) is 32.2 Å². The van der Waals surface area contributed by atoms with Crippen LogP contribution in [0.4, 0.5) is 5.69 Å². The summed E-state index contributed by atoms with van der Waals surface area (Å²) in [6.07, 6.45) is 0. The number of hydrogen-bond acceptors (Lipinski definition) is 5. The molecule has 0 saturated carbocycles. The van der Waals surface area contributed by atoms with Crippen molar-refractivity contribution in [2.24, 2.45) is 0 Å². The molecule has 0 aliphatic carbocycles. The van der Waals surface area contributed by atoms with E-state index in [0.29, 0.717) is 16.3 Å². The number of nitrogens with one attached hydrogen (secondary N) is 1. The Labute approximate surface area is 143 Å². The number of anilines is 1. The number of benzene rings is 2. The zero-order valence-corrected chi connectivity index (χ0v) is 14.1. The van der Waals surface area contributed by atoms with Gasteiger partial charge in [0, 0.05) is 17.3 Å². The molecule has 0 bridgehead atoms. The molecule has 0 aliphatic rings. The Kier molecular flexibility index (Phi) is 4.48. The number of aryl methyl sites for hydroxylation is 1. The predicted molar refractivity (Wildman–Crippen MR) is 94.9 cm³/mol. The minimum atomic E-state index is -0.246. The van der Waals surface area contributed by atoms with E-state index in [1.165, 1.54) is 17.4 Å². The molecule has 0 radical (unpaired) electrons. The topological polar surface area (TPSA) is 71.5 Å². The summed E-state index contributed by atoms with van der Waals surface area (Å²) in [5, 5.41) is 13.0. The molecule has 0 spiro atoms. The predicted octanol–water partition coefficient (Wildman–Crippen LogP) is 4.09. The molecule has 6 heteroatoms. The largest absolute Gasteiger partial charge is 0.508 e. The van der Waals surface area contributed by atoms with E-state index in [4.69, 9.17) is 4.74 Å². The molecule has 2 N–H and O–H groups in total. The van der Waals surface area contributed by atoms with Gasteiger partial charge in [0.15, 0.2) is 0 Å². The lowest BCUT2D eigenvalue weighted by Gasteiger charge is -2.04. The Hall–Kier alpha value is -2.86. The minimum Gasteiger partial charge on any atom is -0.508 e. The first-order valence-corrected chi connectivity index (χ1v) is 8.10. The van der Waals surface area contributed by atoms with Crippen molar-refractivity contribution in [1.82, 2.24) is 4.98 Å². The summed E-state index contributed by atoms with van der Waals surface area (Å²) in [5.41, 5.74) is 2.10. The van der Waals surface area contributed by atoms with Gasteiger partial charge in [0.2, 0.25) is 0 Å². The Balaban J connectivity index is 1.86. The number of ether oxygens (including phenoxy) is 1. The van der Waals surface area contributed by atoms with Gasteiger partial charge in [0.1, 0.15) is 21.4 Å². The Bertz CT molecular complexity index is 889. The van der Waals surface area contributed by atoms with E-state index >= 15 is 0 Å². The zero-order valence-electron chi connectivity index (χ0n) is 13.2. The van der Waals surface area contributed by atoms with Crippen molar-refractivity contribution in [3.8, 4) is 22.1 Å². The van der Waals surface area contributed by atoms with Gasteiger partial charge in [0.25, 0.3) is 5.91 Å². The van der Waals surface area contributed by atoms with Gasteiger partial charge in [-0.25, -0.2) is 4.98 Å². The van der Waals surface area contributed by atoms with Gasteiger partial charge in [-0.15, -0.1) is 11.3 Å². The molecule has 1 heterocycles. The number of carbonyl (C=O) groups excluding carboxylic acids is 1. The second-order valence-corrected chi connectivity index (χ2v) is 6.17. The van der Waals surface area contributed by atoms with Crippen molar-refractivity contribution < 1.29 is 14.6 Å². The molecule has 0 fully saturated rings. The summed E-state index contributed by atoms with van der Waals surface area (Å²) in [7, 11) is 1.61. The molecule has 2 aromatic carbocycles. The molecule has 24 heavy (non-hydrogen) atoms. The molecule has 1 amide bonds. The fraction of sp³-hybridized carbons (Fsp3) is 0.111. The molecule has 122 valence electrons. The van der Waals surface area contributed by atoms with Crippen LogP contribution in [0.1, 0.15) is 15.4 Å². The first-order valence-electron chi connectivity index (χ1n) is 7.29. The lowest BCUT2D eigenvalue weighted by molar-refractivity contribution is 0.103. The number of aromatic nitrogens is 1. The van der Waals surface area contributed by atoms with Crippen LogP contribution in [0.15, 0.2) is 48.5 Å². The molecule has 1 aromatic heterocycles. The molecule has 3 aromatic rings. The van der Waals surface area contributed by atoms with Crippen LogP contribution in [0.25, 0.3) is 10.6 Å². The van der Waals surface area contributed by atoms with Gasteiger partial charge in [-0.2, -0.15) is 0 Å². The summed E-state index contributed by atoms with van der Waals surface area (Å²) in [4.78, 5) is 17.5. The van der Waals surface area contributed by atoms with Gasteiger partial charge in [-0.05, 0) is 31.2 Å². The SMILES string of the molecule is COc1cccc(-c2nc(C)c(C(=O)Nc3cccc(O)c3)s2)c1. The minimum absolute atomic E-state index is 0.103. The maximum atomic E-state index is 12.5. The monoisotopic (exact) mass is 340 g/mol. The van der Waals surface area contributed by atoms with E-state index in [9.17, 15) is 9.90 Å². The van der Waals surface area contributed by atoms with Gasteiger partial charge < -0.3 is 15.2 Å². The number of rotatable bonds is 4. The van der Waals surface area contributed by atoms with E-state index < -0.39 is 0 Å². The third-order valence-electron chi connectivity index (χ3n) is 3.42. The lowest BCUT2D eigenvalue weighted by atomic mass is 10.2. The first kappa shape index (κ1) is 16.0. The highest BCUT2D eigenvalue weighted by atomic mass is 32.1. The van der Waals surface area contributed by atoms with Crippen molar-refractivity contribution in [3.63, 3.8) is 0 Å². The van der Waals surface area contributed by atoms with Crippen LogP contribution in [-0.2, 0) is 0 Å². The number of thiazole rings is 1. The van der Waals surface area contributed by atoms with Crippen LogP contribution in [0, 0.1) is 6.92 Å². The number of hydrogen-bond donors (Lipinski definition) is 2.